The molecule has 1 heterocycles. The Hall–Kier alpha value is -1.97. The highest BCUT2D eigenvalue weighted by Gasteiger charge is 2.38. The van der Waals surface area contributed by atoms with Gasteiger partial charge in [0.05, 0.1) is 11.1 Å². The van der Waals surface area contributed by atoms with Gasteiger partial charge in [0, 0.05) is 6.42 Å². The average Bonchev–Trinajstić information content (AvgIpc) is 2.51. The van der Waals surface area contributed by atoms with Gasteiger partial charge in [-0.1, -0.05) is 18.6 Å². The Morgan fingerprint density at radius 3 is 2.44 bits per heavy atom. The van der Waals surface area contributed by atoms with Gasteiger partial charge < -0.3 is 0 Å². The van der Waals surface area contributed by atoms with E-state index in [-0.39, 0.29) is 6.42 Å². The molecule has 4 heteroatoms. The third-order valence-electron chi connectivity index (χ3n) is 2.59. The van der Waals surface area contributed by atoms with Gasteiger partial charge in [-0.3, -0.25) is 14.4 Å². The number of benzene rings is 1. The molecule has 0 radical (unpaired) electrons. The standard InChI is InChI=1S/C12H11NO3/c1-3-10(14)13-11(15)8-5-4-7(2)6-9(8)12(13)16/h4-6H,3H2,1-2H3. The molecule has 0 atom stereocenters. The number of rotatable bonds is 1. The van der Waals surface area contributed by atoms with E-state index in [1.54, 1.807) is 25.1 Å². The van der Waals surface area contributed by atoms with Crippen molar-refractivity contribution >= 4 is 17.7 Å². The lowest BCUT2D eigenvalue weighted by atomic mass is 10.1. The molecule has 82 valence electrons. The maximum atomic E-state index is 11.8. The summed E-state index contributed by atoms with van der Waals surface area (Å²) in [6.45, 7) is 3.46. The minimum atomic E-state index is -0.508. The molecule has 0 fully saturated rings. The van der Waals surface area contributed by atoms with E-state index in [0.717, 1.165) is 10.5 Å². The summed E-state index contributed by atoms with van der Waals surface area (Å²) < 4.78 is 0. The first-order valence-electron chi connectivity index (χ1n) is 5.08. The number of nitrogens with zero attached hydrogens (tertiary/aromatic N) is 1. The van der Waals surface area contributed by atoms with E-state index in [1.165, 1.54) is 0 Å². The van der Waals surface area contributed by atoms with Crippen LogP contribution in [-0.2, 0) is 4.79 Å². The van der Waals surface area contributed by atoms with Crippen molar-refractivity contribution in [2.24, 2.45) is 0 Å². The summed E-state index contributed by atoms with van der Waals surface area (Å²) in [4.78, 5) is 35.8. The van der Waals surface area contributed by atoms with Crippen LogP contribution in [0.2, 0.25) is 0 Å². The number of aryl methyl sites for hydroxylation is 1. The number of fused-ring (bicyclic) bond motifs is 1. The zero-order chi connectivity index (χ0) is 11.9. The molecule has 0 aliphatic carbocycles. The minimum Gasteiger partial charge on any atom is -0.274 e. The second-order valence-corrected chi connectivity index (χ2v) is 3.74. The molecule has 4 nitrogen and oxygen atoms in total. The predicted octanol–water partition coefficient (Wildman–Crippen LogP) is 1.53. The van der Waals surface area contributed by atoms with E-state index in [1.807, 2.05) is 6.92 Å². The Morgan fingerprint density at radius 1 is 1.19 bits per heavy atom. The van der Waals surface area contributed by atoms with Crippen LogP contribution >= 0.6 is 0 Å². The molecule has 0 bridgehead atoms. The highest BCUT2D eigenvalue weighted by atomic mass is 16.2. The zero-order valence-corrected chi connectivity index (χ0v) is 9.11. The van der Waals surface area contributed by atoms with Crippen LogP contribution < -0.4 is 0 Å². The summed E-state index contributed by atoms with van der Waals surface area (Å²) in [6, 6.07) is 4.98. The van der Waals surface area contributed by atoms with E-state index < -0.39 is 17.7 Å². The van der Waals surface area contributed by atoms with E-state index in [4.69, 9.17) is 0 Å². The number of carbonyl (C=O) groups is 3. The van der Waals surface area contributed by atoms with E-state index >= 15 is 0 Å². The van der Waals surface area contributed by atoms with Gasteiger partial charge in [-0.25, -0.2) is 4.90 Å². The minimum absolute atomic E-state index is 0.143. The summed E-state index contributed by atoms with van der Waals surface area (Å²) in [5.74, 6) is -1.47. The number of hydrogen-bond acceptors (Lipinski definition) is 3. The molecule has 1 aliphatic heterocycles. The molecule has 1 aromatic rings. The predicted molar refractivity (Wildman–Crippen MR) is 57.0 cm³/mol. The summed E-state index contributed by atoms with van der Waals surface area (Å²) in [6.07, 6.45) is 0.143. The van der Waals surface area contributed by atoms with Gasteiger partial charge in [0.15, 0.2) is 0 Å². The fraction of sp³-hybridized carbons (Fsp3) is 0.250. The Kier molecular flexibility index (Phi) is 2.34. The lowest BCUT2D eigenvalue weighted by Crippen LogP contribution is -2.35. The van der Waals surface area contributed by atoms with Crippen LogP contribution in [0, 0.1) is 6.92 Å². The molecule has 3 amide bonds. The Balaban J connectivity index is 2.52. The topological polar surface area (TPSA) is 54.5 Å². The summed E-state index contributed by atoms with van der Waals surface area (Å²) in [5, 5.41) is 0. The molecule has 2 rings (SSSR count). The molecule has 0 N–H and O–H groups in total. The maximum absolute atomic E-state index is 11.8. The fourth-order valence-electron chi connectivity index (χ4n) is 1.74. The maximum Gasteiger partial charge on any atom is 0.268 e. The molecular weight excluding hydrogens is 206 g/mol. The van der Waals surface area contributed by atoms with Crippen molar-refractivity contribution in [2.75, 3.05) is 0 Å². The lowest BCUT2D eigenvalue weighted by molar-refractivity contribution is -0.125. The first kappa shape index (κ1) is 10.5. The molecule has 0 aromatic heterocycles. The van der Waals surface area contributed by atoms with Gasteiger partial charge in [-0.05, 0) is 19.1 Å². The SMILES string of the molecule is CCC(=O)N1C(=O)c2ccc(C)cc2C1=O. The first-order chi connectivity index (χ1) is 7.56. The van der Waals surface area contributed by atoms with Crippen LogP contribution in [-0.4, -0.2) is 22.6 Å². The largest absolute Gasteiger partial charge is 0.274 e. The van der Waals surface area contributed by atoms with Crippen LogP contribution in [0.4, 0.5) is 0 Å². The number of hydrogen-bond donors (Lipinski definition) is 0. The quantitative estimate of drug-likeness (QED) is 0.670. The van der Waals surface area contributed by atoms with Crippen molar-refractivity contribution in [3.63, 3.8) is 0 Å². The molecule has 16 heavy (non-hydrogen) atoms. The van der Waals surface area contributed by atoms with Crippen molar-refractivity contribution in [3.05, 3.63) is 34.9 Å². The van der Waals surface area contributed by atoms with Crippen LogP contribution in [0.5, 0.6) is 0 Å². The van der Waals surface area contributed by atoms with Gasteiger partial charge in [-0.15, -0.1) is 0 Å². The molecule has 1 aromatic carbocycles. The number of amides is 3. The highest BCUT2D eigenvalue weighted by molar-refractivity contribution is 6.28. The molecule has 0 spiro atoms. The molecule has 0 unspecified atom stereocenters. The summed E-state index contributed by atoms with van der Waals surface area (Å²) in [5.41, 5.74) is 1.54. The fourth-order valence-corrected chi connectivity index (χ4v) is 1.74. The first-order valence-corrected chi connectivity index (χ1v) is 5.08. The van der Waals surface area contributed by atoms with Crippen LogP contribution in [0.25, 0.3) is 0 Å². The van der Waals surface area contributed by atoms with Crippen molar-refractivity contribution in [1.29, 1.82) is 0 Å². The van der Waals surface area contributed by atoms with E-state index in [9.17, 15) is 14.4 Å². The zero-order valence-electron chi connectivity index (χ0n) is 9.11. The van der Waals surface area contributed by atoms with E-state index in [2.05, 4.69) is 0 Å². The molecule has 1 aliphatic rings. The van der Waals surface area contributed by atoms with Gasteiger partial charge in [0.1, 0.15) is 0 Å². The van der Waals surface area contributed by atoms with Crippen LogP contribution in [0.3, 0.4) is 0 Å². The summed E-state index contributed by atoms with van der Waals surface area (Å²) >= 11 is 0. The van der Waals surface area contributed by atoms with Crippen molar-refractivity contribution in [2.45, 2.75) is 20.3 Å². The molecule has 0 saturated carbocycles. The molecule has 0 saturated heterocycles. The molecular formula is C12H11NO3. The van der Waals surface area contributed by atoms with Crippen molar-refractivity contribution < 1.29 is 14.4 Å². The normalized spacial score (nSPS) is 14.2. The second kappa shape index (κ2) is 3.56. The van der Waals surface area contributed by atoms with Crippen LogP contribution in [0.15, 0.2) is 18.2 Å². The number of imide groups is 3. The van der Waals surface area contributed by atoms with Crippen LogP contribution in [0.1, 0.15) is 39.6 Å². The van der Waals surface area contributed by atoms with Gasteiger partial charge in [0.2, 0.25) is 5.91 Å². The van der Waals surface area contributed by atoms with Crippen molar-refractivity contribution in [1.82, 2.24) is 4.90 Å². The van der Waals surface area contributed by atoms with Gasteiger partial charge in [0.25, 0.3) is 11.8 Å². The highest BCUT2D eigenvalue weighted by Crippen LogP contribution is 2.24. The average molecular weight is 217 g/mol. The summed E-state index contributed by atoms with van der Waals surface area (Å²) in [7, 11) is 0. The van der Waals surface area contributed by atoms with Gasteiger partial charge in [-0.2, -0.15) is 0 Å². The second-order valence-electron chi connectivity index (χ2n) is 3.74. The monoisotopic (exact) mass is 217 g/mol. The Morgan fingerprint density at radius 2 is 1.81 bits per heavy atom. The number of carbonyl (C=O) groups excluding carboxylic acids is 3. The Labute approximate surface area is 92.9 Å². The van der Waals surface area contributed by atoms with E-state index in [0.29, 0.717) is 11.1 Å². The third-order valence-corrected chi connectivity index (χ3v) is 2.59. The lowest BCUT2D eigenvalue weighted by Gasteiger charge is -2.09. The smallest absolute Gasteiger partial charge is 0.268 e. The van der Waals surface area contributed by atoms with Crippen molar-refractivity contribution in [3.8, 4) is 0 Å². The Bertz CT molecular complexity index is 505. The third kappa shape index (κ3) is 1.34. The van der Waals surface area contributed by atoms with Gasteiger partial charge >= 0.3 is 0 Å².